The molecular formula is C15H24O2. The van der Waals surface area contributed by atoms with E-state index in [1.165, 1.54) is 11.1 Å². The van der Waals surface area contributed by atoms with Gasteiger partial charge in [0.15, 0.2) is 0 Å². The standard InChI is InChI=1S/C15H24O2/c1-10-7-12(9-11(2)16)14(17-6)13(8-10)15(3,4)5/h7-8,11,16H,9H2,1-6H3. The molecule has 2 heteroatoms. The van der Waals surface area contributed by atoms with Crippen LogP contribution in [-0.2, 0) is 11.8 Å². The third kappa shape index (κ3) is 3.47. The maximum atomic E-state index is 9.55. The van der Waals surface area contributed by atoms with Crippen molar-refractivity contribution in [1.82, 2.24) is 0 Å². The molecule has 0 aliphatic rings. The lowest BCUT2D eigenvalue weighted by molar-refractivity contribution is 0.194. The summed E-state index contributed by atoms with van der Waals surface area (Å²) in [6.45, 7) is 10.4. The summed E-state index contributed by atoms with van der Waals surface area (Å²) in [5.74, 6) is 0.920. The van der Waals surface area contributed by atoms with E-state index in [9.17, 15) is 5.11 Å². The molecule has 0 radical (unpaired) electrons. The fourth-order valence-corrected chi connectivity index (χ4v) is 2.12. The number of hydrogen-bond donors (Lipinski definition) is 1. The predicted octanol–water partition coefficient (Wildman–Crippen LogP) is 3.22. The molecule has 1 aromatic carbocycles. The number of rotatable bonds is 3. The van der Waals surface area contributed by atoms with E-state index in [0.717, 1.165) is 11.3 Å². The lowest BCUT2D eigenvalue weighted by atomic mass is 9.83. The SMILES string of the molecule is COc1c(CC(C)O)cc(C)cc1C(C)(C)C. The summed E-state index contributed by atoms with van der Waals surface area (Å²) in [5.41, 5.74) is 3.56. The highest BCUT2D eigenvalue weighted by Crippen LogP contribution is 2.35. The molecule has 0 spiro atoms. The van der Waals surface area contributed by atoms with Gasteiger partial charge in [0.2, 0.25) is 0 Å². The van der Waals surface area contributed by atoms with Gasteiger partial charge in [-0.05, 0) is 24.8 Å². The summed E-state index contributed by atoms with van der Waals surface area (Å²) >= 11 is 0. The van der Waals surface area contributed by atoms with Crippen LogP contribution in [-0.4, -0.2) is 18.3 Å². The highest BCUT2D eigenvalue weighted by Gasteiger charge is 2.22. The van der Waals surface area contributed by atoms with Crippen molar-refractivity contribution < 1.29 is 9.84 Å². The molecule has 1 N–H and O–H groups in total. The van der Waals surface area contributed by atoms with Gasteiger partial charge in [-0.25, -0.2) is 0 Å². The summed E-state index contributed by atoms with van der Waals surface area (Å²) in [7, 11) is 1.70. The zero-order valence-electron chi connectivity index (χ0n) is 11.8. The Morgan fingerprint density at radius 3 is 2.29 bits per heavy atom. The van der Waals surface area contributed by atoms with Crippen LogP contribution in [0.5, 0.6) is 5.75 Å². The van der Waals surface area contributed by atoms with Crippen LogP contribution in [0.1, 0.15) is 44.4 Å². The van der Waals surface area contributed by atoms with Crippen molar-refractivity contribution in [3.05, 3.63) is 28.8 Å². The van der Waals surface area contributed by atoms with Gasteiger partial charge >= 0.3 is 0 Å². The molecule has 1 rings (SSSR count). The summed E-state index contributed by atoms with van der Waals surface area (Å²) < 4.78 is 5.55. The van der Waals surface area contributed by atoms with Gasteiger partial charge in [0.25, 0.3) is 0 Å². The van der Waals surface area contributed by atoms with Crippen LogP contribution in [0.4, 0.5) is 0 Å². The van der Waals surface area contributed by atoms with Crippen LogP contribution >= 0.6 is 0 Å². The van der Waals surface area contributed by atoms with Crippen molar-refractivity contribution >= 4 is 0 Å². The van der Waals surface area contributed by atoms with Gasteiger partial charge in [-0.3, -0.25) is 0 Å². The van der Waals surface area contributed by atoms with Gasteiger partial charge in [0.1, 0.15) is 5.75 Å². The molecule has 0 bridgehead atoms. The Hall–Kier alpha value is -1.02. The normalized spacial score (nSPS) is 13.6. The minimum atomic E-state index is -0.349. The van der Waals surface area contributed by atoms with E-state index in [4.69, 9.17) is 4.74 Å². The Kier molecular flexibility index (Phi) is 4.21. The molecule has 0 amide bonds. The maximum absolute atomic E-state index is 9.55. The Labute approximate surface area is 105 Å². The molecule has 1 atom stereocenters. The average molecular weight is 236 g/mol. The first-order valence-corrected chi connectivity index (χ1v) is 6.11. The highest BCUT2D eigenvalue weighted by molar-refractivity contribution is 5.48. The Bertz CT molecular complexity index is 387. The lowest BCUT2D eigenvalue weighted by Gasteiger charge is -2.25. The largest absolute Gasteiger partial charge is 0.496 e. The first-order chi connectivity index (χ1) is 7.75. The van der Waals surface area contributed by atoms with E-state index in [0.29, 0.717) is 6.42 Å². The second kappa shape index (κ2) is 5.09. The molecule has 2 nitrogen and oxygen atoms in total. The molecule has 17 heavy (non-hydrogen) atoms. The smallest absolute Gasteiger partial charge is 0.125 e. The number of methoxy groups -OCH3 is 1. The first-order valence-electron chi connectivity index (χ1n) is 6.11. The minimum Gasteiger partial charge on any atom is -0.496 e. The van der Waals surface area contributed by atoms with Crippen LogP contribution in [0.15, 0.2) is 12.1 Å². The number of aliphatic hydroxyl groups is 1. The molecule has 0 saturated carbocycles. The van der Waals surface area contributed by atoms with Gasteiger partial charge in [-0.1, -0.05) is 38.5 Å². The molecule has 0 fully saturated rings. The topological polar surface area (TPSA) is 29.5 Å². The molecule has 0 saturated heterocycles. The zero-order chi connectivity index (χ0) is 13.2. The van der Waals surface area contributed by atoms with Gasteiger partial charge in [-0.15, -0.1) is 0 Å². The average Bonchev–Trinajstić information content (AvgIpc) is 2.14. The van der Waals surface area contributed by atoms with Crippen molar-refractivity contribution in [3.8, 4) is 5.75 Å². The predicted molar refractivity (Wildman–Crippen MR) is 71.8 cm³/mol. The molecule has 1 aromatic rings. The molecule has 0 aliphatic carbocycles. The third-order valence-corrected chi connectivity index (χ3v) is 2.84. The highest BCUT2D eigenvalue weighted by atomic mass is 16.5. The molecule has 0 aliphatic heterocycles. The third-order valence-electron chi connectivity index (χ3n) is 2.84. The molecule has 1 unspecified atom stereocenters. The van der Waals surface area contributed by atoms with Crippen LogP contribution in [0.3, 0.4) is 0 Å². The van der Waals surface area contributed by atoms with E-state index in [1.54, 1.807) is 14.0 Å². The number of aliphatic hydroxyl groups excluding tert-OH is 1. The van der Waals surface area contributed by atoms with Crippen molar-refractivity contribution in [2.45, 2.75) is 52.6 Å². The van der Waals surface area contributed by atoms with Crippen LogP contribution in [0, 0.1) is 6.92 Å². The molecule has 0 heterocycles. The molecule has 96 valence electrons. The van der Waals surface area contributed by atoms with Crippen LogP contribution in [0.25, 0.3) is 0 Å². The number of aryl methyl sites for hydroxylation is 1. The quantitative estimate of drug-likeness (QED) is 0.873. The van der Waals surface area contributed by atoms with Gasteiger partial charge < -0.3 is 9.84 Å². The fourth-order valence-electron chi connectivity index (χ4n) is 2.12. The van der Waals surface area contributed by atoms with Gasteiger partial charge in [0, 0.05) is 12.0 Å². The van der Waals surface area contributed by atoms with E-state index in [2.05, 4.69) is 39.8 Å². The summed E-state index contributed by atoms with van der Waals surface area (Å²) in [6.07, 6.45) is 0.284. The van der Waals surface area contributed by atoms with E-state index < -0.39 is 0 Å². The summed E-state index contributed by atoms with van der Waals surface area (Å²) in [6, 6.07) is 4.27. The summed E-state index contributed by atoms with van der Waals surface area (Å²) in [5, 5.41) is 9.55. The number of benzene rings is 1. The van der Waals surface area contributed by atoms with Crippen molar-refractivity contribution in [1.29, 1.82) is 0 Å². The number of ether oxygens (including phenoxy) is 1. The monoisotopic (exact) mass is 236 g/mol. The van der Waals surface area contributed by atoms with E-state index in [-0.39, 0.29) is 11.5 Å². The maximum Gasteiger partial charge on any atom is 0.125 e. The van der Waals surface area contributed by atoms with Gasteiger partial charge in [0.05, 0.1) is 13.2 Å². The van der Waals surface area contributed by atoms with Crippen molar-refractivity contribution in [3.63, 3.8) is 0 Å². The Balaban J connectivity index is 3.35. The zero-order valence-corrected chi connectivity index (χ0v) is 11.8. The Morgan fingerprint density at radius 1 is 1.29 bits per heavy atom. The fraction of sp³-hybridized carbons (Fsp3) is 0.600. The van der Waals surface area contributed by atoms with E-state index >= 15 is 0 Å². The minimum absolute atomic E-state index is 0.0464. The van der Waals surface area contributed by atoms with Crippen LogP contribution < -0.4 is 4.74 Å². The van der Waals surface area contributed by atoms with Gasteiger partial charge in [-0.2, -0.15) is 0 Å². The lowest BCUT2D eigenvalue weighted by Crippen LogP contribution is -2.16. The summed E-state index contributed by atoms with van der Waals surface area (Å²) in [4.78, 5) is 0. The number of hydrogen-bond acceptors (Lipinski definition) is 2. The Morgan fingerprint density at radius 2 is 1.88 bits per heavy atom. The van der Waals surface area contributed by atoms with Crippen molar-refractivity contribution in [2.75, 3.05) is 7.11 Å². The molecular weight excluding hydrogens is 212 g/mol. The van der Waals surface area contributed by atoms with Crippen molar-refractivity contribution in [2.24, 2.45) is 0 Å². The van der Waals surface area contributed by atoms with Crippen LogP contribution in [0.2, 0.25) is 0 Å². The first kappa shape index (κ1) is 14.0. The second-order valence-electron chi connectivity index (χ2n) is 5.81. The second-order valence-corrected chi connectivity index (χ2v) is 5.81. The molecule has 0 aromatic heterocycles. The van der Waals surface area contributed by atoms with E-state index in [1.807, 2.05) is 0 Å².